The summed E-state index contributed by atoms with van der Waals surface area (Å²) in [6.45, 7) is 2.98. The minimum absolute atomic E-state index is 0.00397. The van der Waals surface area contributed by atoms with Gasteiger partial charge < -0.3 is 31.2 Å². The third kappa shape index (κ3) is 9.96. The van der Waals surface area contributed by atoms with Crippen LogP contribution in [0.1, 0.15) is 29.0 Å². The van der Waals surface area contributed by atoms with Gasteiger partial charge in [0.05, 0.1) is 18.8 Å². The maximum absolute atomic E-state index is 15.0. The number of alkyl halides is 3. The predicted molar refractivity (Wildman–Crippen MR) is 157 cm³/mol. The normalized spacial score (nSPS) is 17.5. The van der Waals surface area contributed by atoms with Crippen molar-refractivity contribution in [2.45, 2.75) is 43.1 Å². The van der Waals surface area contributed by atoms with Gasteiger partial charge in [-0.25, -0.2) is 18.0 Å². The van der Waals surface area contributed by atoms with Crippen LogP contribution in [0, 0.1) is 17.5 Å². The van der Waals surface area contributed by atoms with Gasteiger partial charge >= 0.3 is 12.3 Å². The smallest absolute Gasteiger partial charge is 0.422 e. The van der Waals surface area contributed by atoms with E-state index in [9.17, 15) is 26.7 Å². The first-order chi connectivity index (χ1) is 21.4. The van der Waals surface area contributed by atoms with Crippen molar-refractivity contribution in [2.24, 2.45) is 5.73 Å². The molecule has 1 amide bonds. The summed E-state index contributed by atoms with van der Waals surface area (Å²) >= 11 is 0. The molecule has 0 unspecified atom stereocenters. The lowest BCUT2D eigenvalue weighted by atomic mass is 9.84. The maximum atomic E-state index is 15.0. The van der Waals surface area contributed by atoms with Crippen molar-refractivity contribution in [3.8, 4) is 0 Å². The van der Waals surface area contributed by atoms with E-state index in [1.807, 2.05) is 0 Å². The van der Waals surface area contributed by atoms with Crippen LogP contribution in [0.5, 0.6) is 0 Å². The number of amides is 1. The molecule has 1 heterocycles. The Balaban J connectivity index is 1.35. The van der Waals surface area contributed by atoms with Gasteiger partial charge in [0.1, 0.15) is 17.5 Å². The number of hydrogen-bond donors (Lipinski definition) is 4. The standard InChI is InChI=1S/C32H34F6N4O3/c1-19(30(39)29(20-5-9-22(33)10-6-20)21-7-11-23(34)12-8-21)42-28-4-2-3-27(35)26(28)14-13-25-16-40-24(17-44-25)15-41-31(43)45-18-32(36,37)38/h2-12,24-25,29-30,40,42H,1,13-18,39H2,(H,41,43)/t24-,25-,30-/m1/s1. The largest absolute Gasteiger partial charge is 0.440 e. The molecule has 0 radical (unpaired) electrons. The van der Waals surface area contributed by atoms with Crippen molar-refractivity contribution >= 4 is 11.8 Å². The van der Waals surface area contributed by atoms with Crippen LogP contribution in [0.15, 0.2) is 79.0 Å². The third-order valence-corrected chi connectivity index (χ3v) is 7.38. The Hall–Kier alpha value is -4.07. The number of nitrogens with two attached hydrogens (primary N) is 1. The molecule has 0 bridgehead atoms. The summed E-state index contributed by atoms with van der Waals surface area (Å²) in [7, 11) is 0. The first kappa shape index (κ1) is 33.8. The van der Waals surface area contributed by atoms with Gasteiger partial charge in [-0.1, -0.05) is 36.9 Å². The fourth-order valence-corrected chi connectivity index (χ4v) is 5.03. The van der Waals surface area contributed by atoms with E-state index < -0.39 is 48.3 Å². The van der Waals surface area contributed by atoms with Crippen LogP contribution >= 0.6 is 0 Å². The summed E-state index contributed by atoms with van der Waals surface area (Å²) in [5, 5.41) is 8.56. The van der Waals surface area contributed by atoms with Crippen LogP contribution in [0.3, 0.4) is 0 Å². The average molecular weight is 637 g/mol. The van der Waals surface area contributed by atoms with Crippen molar-refractivity contribution in [2.75, 3.05) is 31.6 Å². The summed E-state index contributed by atoms with van der Waals surface area (Å²) in [6.07, 6.45) is -5.37. The summed E-state index contributed by atoms with van der Waals surface area (Å²) < 4.78 is 88.9. The Morgan fingerprint density at radius 2 is 1.64 bits per heavy atom. The van der Waals surface area contributed by atoms with Crippen LogP contribution < -0.4 is 21.7 Å². The molecule has 3 atom stereocenters. The molecule has 5 N–H and O–H groups in total. The van der Waals surface area contributed by atoms with Gasteiger partial charge in [-0.2, -0.15) is 13.2 Å². The summed E-state index contributed by atoms with van der Waals surface area (Å²) in [5.41, 5.74) is 9.23. The first-order valence-electron chi connectivity index (χ1n) is 14.2. The van der Waals surface area contributed by atoms with Crippen LogP contribution in [0.2, 0.25) is 0 Å². The van der Waals surface area contributed by atoms with Gasteiger partial charge in [-0.3, -0.25) is 0 Å². The Morgan fingerprint density at radius 3 is 2.20 bits per heavy atom. The summed E-state index contributed by atoms with van der Waals surface area (Å²) in [5.74, 6) is -1.79. The Morgan fingerprint density at radius 1 is 1.02 bits per heavy atom. The predicted octanol–water partition coefficient (Wildman–Crippen LogP) is 5.77. The average Bonchev–Trinajstić information content (AvgIpc) is 3.01. The number of anilines is 1. The van der Waals surface area contributed by atoms with Crippen LogP contribution in [-0.4, -0.2) is 56.8 Å². The number of alkyl carbamates (subject to hydrolysis) is 1. The van der Waals surface area contributed by atoms with Crippen molar-refractivity contribution in [1.29, 1.82) is 0 Å². The lowest BCUT2D eigenvalue weighted by Crippen LogP contribution is -2.51. The van der Waals surface area contributed by atoms with E-state index in [4.69, 9.17) is 10.5 Å². The zero-order valence-corrected chi connectivity index (χ0v) is 24.2. The molecule has 13 heteroatoms. The van der Waals surface area contributed by atoms with Crippen molar-refractivity contribution in [1.82, 2.24) is 10.6 Å². The highest BCUT2D eigenvalue weighted by molar-refractivity contribution is 5.67. The van der Waals surface area contributed by atoms with E-state index in [1.54, 1.807) is 36.4 Å². The highest BCUT2D eigenvalue weighted by Crippen LogP contribution is 2.32. The topological polar surface area (TPSA) is 97.6 Å². The van der Waals surface area contributed by atoms with Crippen molar-refractivity contribution < 1.29 is 40.6 Å². The van der Waals surface area contributed by atoms with Crippen molar-refractivity contribution in [3.63, 3.8) is 0 Å². The fourth-order valence-electron chi connectivity index (χ4n) is 5.03. The molecule has 1 saturated heterocycles. The maximum Gasteiger partial charge on any atom is 0.422 e. The number of hydrogen-bond acceptors (Lipinski definition) is 6. The van der Waals surface area contributed by atoms with Gasteiger partial charge in [-0.15, -0.1) is 0 Å². The highest BCUT2D eigenvalue weighted by atomic mass is 19.4. The van der Waals surface area contributed by atoms with Crippen molar-refractivity contribution in [3.05, 3.63) is 113 Å². The second kappa shape index (κ2) is 15.3. The Labute approximate surface area is 256 Å². The zero-order chi connectivity index (χ0) is 32.6. The van der Waals surface area contributed by atoms with Gasteiger partial charge in [0.15, 0.2) is 6.61 Å². The molecule has 3 aromatic carbocycles. The molecule has 4 rings (SSSR count). The molecule has 45 heavy (non-hydrogen) atoms. The third-order valence-electron chi connectivity index (χ3n) is 7.38. The molecule has 1 aliphatic rings. The summed E-state index contributed by atoms with van der Waals surface area (Å²) in [6, 6.07) is 15.1. The number of ether oxygens (including phenoxy) is 2. The molecule has 242 valence electrons. The van der Waals surface area contributed by atoms with E-state index in [0.29, 0.717) is 41.0 Å². The number of benzene rings is 3. The van der Waals surface area contributed by atoms with Crippen LogP contribution in [-0.2, 0) is 15.9 Å². The molecule has 0 aliphatic carbocycles. The molecule has 1 aliphatic heterocycles. The number of carbonyl (C=O) groups excluding carboxylic acids is 1. The molecule has 0 spiro atoms. The van der Waals surface area contributed by atoms with Crippen LogP contribution in [0.4, 0.5) is 36.8 Å². The number of rotatable bonds is 12. The van der Waals surface area contributed by atoms with Gasteiger partial charge in [0.2, 0.25) is 0 Å². The number of morpholine rings is 1. The minimum atomic E-state index is -4.61. The van der Waals surface area contributed by atoms with E-state index in [2.05, 4.69) is 27.3 Å². The molecule has 0 aromatic heterocycles. The lowest BCUT2D eigenvalue weighted by molar-refractivity contribution is -0.160. The second-order valence-corrected chi connectivity index (χ2v) is 10.7. The van der Waals surface area contributed by atoms with E-state index in [0.717, 1.165) is 0 Å². The Bertz CT molecular complexity index is 1380. The highest BCUT2D eigenvalue weighted by Gasteiger charge is 2.30. The van der Waals surface area contributed by atoms with E-state index >= 15 is 4.39 Å². The number of halogens is 6. The lowest BCUT2D eigenvalue weighted by Gasteiger charge is -2.31. The first-order valence-corrected chi connectivity index (χ1v) is 14.2. The molecular formula is C32H34F6N4O3. The van der Waals surface area contributed by atoms with Crippen LogP contribution in [0.25, 0.3) is 0 Å². The minimum Gasteiger partial charge on any atom is -0.440 e. The molecule has 1 fully saturated rings. The van der Waals surface area contributed by atoms with E-state index in [-0.39, 0.29) is 31.7 Å². The monoisotopic (exact) mass is 636 g/mol. The van der Waals surface area contributed by atoms with E-state index in [1.165, 1.54) is 30.3 Å². The van der Waals surface area contributed by atoms with Gasteiger partial charge in [-0.05, 0) is 60.4 Å². The summed E-state index contributed by atoms with van der Waals surface area (Å²) in [4.78, 5) is 11.5. The number of carbonyl (C=O) groups is 1. The number of nitrogens with one attached hydrogen (secondary N) is 3. The second-order valence-electron chi connectivity index (χ2n) is 10.7. The van der Waals surface area contributed by atoms with Gasteiger partial charge in [0.25, 0.3) is 0 Å². The molecule has 3 aromatic rings. The Kier molecular flexibility index (Phi) is 11.5. The molecule has 0 saturated carbocycles. The zero-order valence-electron chi connectivity index (χ0n) is 24.2. The fraction of sp³-hybridized carbons (Fsp3) is 0.344. The molecular weight excluding hydrogens is 602 g/mol. The SMILES string of the molecule is C=C(Nc1cccc(F)c1CC[C@@H]1CN[C@H](CNC(=O)OCC(F)(F)F)CO1)[C@@H](N)C(c1ccc(F)cc1)c1ccc(F)cc1. The molecule has 7 nitrogen and oxygen atoms in total. The van der Waals surface area contributed by atoms with Gasteiger partial charge in [0, 0.05) is 42.0 Å². The quantitative estimate of drug-likeness (QED) is 0.189.